The largest absolute Gasteiger partial charge is 0.387 e. The van der Waals surface area contributed by atoms with E-state index in [4.69, 9.17) is 1.37 Å². The Bertz CT molecular complexity index is 728. The molecular formula is C22H28N2O2. The molecule has 0 spiro atoms. The second-order valence-corrected chi connectivity index (χ2v) is 6.77. The van der Waals surface area contributed by atoms with E-state index in [-0.39, 0.29) is 18.5 Å². The van der Waals surface area contributed by atoms with Crippen LogP contribution in [0.15, 0.2) is 60.7 Å². The molecule has 1 fully saturated rings. The number of carbonyl (C=O) groups is 1. The van der Waals surface area contributed by atoms with Gasteiger partial charge in [0.05, 0.1) is 7.45 Å². The zero-order valence-electron chi connectivity index (χ0n) is 16.3. The zero-order valence-corrected chi connectivity index (χ0v) is 15.3. The summed E-state index contributed by atoms with van der Waals surface area (Å²) in [5, 5.41) is 10.6. The molecule has 0 aromatic heterocycles. The minimum Gasteiger partial charge on any atom is -0.387 e. The Balaban J connectivity index is 1.64. The predicted molar refractivity (Wildman–Crippen MR) is 105 cm³/mol. The molecule has 1 saturated heterocycles. The van der Waals surface area contributed by atoms with Crippen LogP contribution < -0.4 is 4.90 Å². The van der Waals surface area contributed by atoms with Crippen LogP contribution >= 0.6 is 0 Å². The first-order valence-corrected chi connectivity index (χ1v) is 9.38. The summed E-state index contributed by atoms with van der Waals surface area (Å²) in [5.74, 6) is 0.140. The molecule has 0 bridgehead atoms. The Labute approximate surface area is 157 Å². The second kappa shape index (κ2) is 8.97. The van der Waals surface area contributed by atoms with Gasteiger partial charge in [-0.2, -0.15) is 0 Å². The van der Waals surface area contributed by atoms with E-state index in [0.29, 0.717) is 12.0 Å². The molecule has 1 aliphatic heterocycles. The highest BCUT2D eigenvalue weighted by atomic mass is 16.3. The molecule has 0 aliphatic carbocycles. The lowest BCUT2D eigenvalue weighted by Gasteiger charge is -2.39. The Morgan fingerprint density at radius 1 is 1.15 bits per heavy atom. The lowest BCUT2D eigenvalue weighted by molar-refractivity contribution is -0.119. The van der Waals surface area contributed by atoms with Crippen LogP contribution in [-0.4, -0.2) is 41.6 Å². The van der Waals surface area contributed by atoms with E-state index < -0.39 is 6.08 Å². The minimum atomic E-state index is -1.62. The van der Waals surface area contributed by atoms with Crippen molar-refractivity contribution in [2.75, 3.05) is 24.5 Å². The average molecular weight is 353 g/mol. The fourth-order valence-corrected chi connectivity index (χ4v) is 3.59. The van der Waals surface area contributed by atoms with Gasteiger partial charge >= 0.3 is 0 Å². The van der Waals surface area contributed by atoms with Gasteiger partial charge in [-0.1, -0.05) is 55.5 Å². The van der Waals surface area contributed by atoms with Gasteiger partial charge in [0.25, 0.3) is 0 Å². The Morgan fingerprint density at radius 3 is 2.31 bits per heavy atom. The standard InChI is InChI=1S/C22H28N2O2/c1-2-22(26)24(19-11-7-4-8-12-19)20-13-15-23(16-14-20)17-21(25)18-9-5-3-6-10-18/h3-12,20-21,25H,2,13-17H2,1H3/i21D. The number of hydrogen-bond acceptors (Lipinski definition) is 3. The molecule has 0 radical (unpaired) electrons. The first-order chi connectivity index (χ1) is 13.0. The Kier molecular flexibility index (Phi) is 5.95. The van der Waals surface area contributed by atoms with Gasteiger partial charge in [0.1, 0.15) is 0 Å². The Hall–Kier alpha value is -2.17. The number of piperidine rings is 1. The van der Waals surface area contributed by atoms with E-state index in [1.807, 2.05) is 60.4 Å². The first-order valence-electron chi connectivity index (χ1n) is 9.88. The number of amides is 1. The number of rotatable bonds is 6. The SMILES string of the molecule is [2H]C(O)(CN1CCC(N(C(=O)CC)c2ccccc2)CC1)c1ccccc1. The maximum Gasteiger partial charge on any atom is 0.226 e. The van der Waals surface area contributed by atoms with Crippen molar-refractivity contribution in [2.45, 2.75) is 38.3 Å². The van der Waals surface area contributed by atoms with Crippen LogP contribution in [0.3, 0.4) is 0 Å². The van der Waals surface area contributed by atoms with Crippen molar-refractivity contribution in [1.82, 2.24) is 4.90 Å². The van der Waals surface area contributed by atoms with E-state index in [1.54, 1.807) is 12.1 Å². The third-order valence-corrected chi connectivity index (χ3v) is 5.01. The minimum absolute atomic E-state index is 0.140. The number of para-hydroxylation sites is 1. The molecule has 1 N–H and O–H groups in total. The van der Waals surface area contributed by atoms with Crippen molar-refractivity contribution in [3.63, 3.8) is 0 Å². The predicted octanol–water partition coefficient (Wildman–Crippen LogP) is 3.63. The normalized spacial score (nSPS) is 18.8. The lowest BCUT2D eigenvalue weighted by atomic mass is 10.0. The molecule has 26 heavy (non-hydrogen) atoms. The van der Waals surface area contributed by atoms with Crippen LogP contribution in [0.25, 0.3) is 0 Å². The summed E-state index contributed by atoms with van der Waals surface area (Å²) in [6, 6.07) is 19.1. The van der Waals surface area contributed by atoms with E-state index in [1.165, 1.54) is 0 Å². The van der Waals surface area contributed by atoms with Crippen LogP contribution in [0.4, 0.5) is 5.69 Å². The van der Waals surface area contributed by atoms with Gasteiger partial charge in [0.15, 0.2) is 0 Å². The van der Waals surface area contributed by atoms with Crippen molar-refractivity contribution < 1.29 is 11.3 Å². The van der Waals surface area contributed by atoms with Crippen molar-refractivity contribution in [3.05, 3.63) is 66.2 Å². The highest BCUT2D eigenvalue weighted by Gasteiger charge is 2.29. The summed E-state index contributed by atoms with van der Waals surface area (Å²) >= 11 is 0. The van der Waals surface area contributed by atoms with Crippen molar-refractivity contribution in [3.8, 4) is 0 Å². The van der Waals surface area contributed by atoms with Gasteiger partial charge in [0.2, 0.25) is 5.91 Å². The first kappa shape index (κ1) is 17.3. The number of benzene rings is 2. The van der Waals surface area contributed by atoms with Gasteiger partial charge < -0.3 is 14.9 Å². The monoisotopic (exact) mass is 353 g/mol. The lowest BCUT2D eigenvalue weighted by Crippen LogP contribution is -2.48. The molecule has 4 nitrogen and oxygen atoms in total. The van der Waals surface area contributed by atoms with Gasteiger partial charge in [-0.3, -0.25) is 4.79 Å². The summed E-state index contributed by atoms with van der Waals surface area (Å²) in [4.78, 5) is 16.6. The topological polar surface area (TPSA) is 43.8 Å². The Morgan fingerprint density at radius 2 is 1.73 bits per heavy atom. The van der Waals surface area contributed by atoms with Gasteiger partial charge in [-0.15, -0.1) is 0 Å². The molecule has 1 amide bonds. The average Bonchev–Trinajstić information content (AvgIpc) is 2.70. The van der Waals surface area contributed by atoms with E-state index >= 15 is 0 Å². The molecule has 1 atom stereocenters. The van der Waals surface area contributed by atoms with E-state index in [2.05, 4.69) is 4.90 Å². The fraction of sp³-hybridized carbons (Fsp3) is 0.409. The number of nitrogens with zero attached hydrogens (tertiary/aromatic N) is 2. The highest BCUT2D eigenvalue weighted by Crippen LogP contribution is 2.25. The summed E-state index contributed by atoms with van der Waals surface area (Å²) in [6.07, 6.45) is 0.541. The van der Waals surface area contributed by atoms with Crippen LogP contribution in [0, 0.1) is 0 Å². The summed E-state index contributed by atoms with van der Waals surface area (Å²) in [7, 11) is 0. The molecule has 3 rings (SSSR count). The van der Waals surface area contributed by atoms with Crippen molar-refractivity contribution in [1.29, 1.82) is 0 Å². The molecule has 1 aliphatic rings. The summed E-state index contributed by atoms with van der Waals surface area (Å²) in [5.41, 5.74) is 1.56. The van der Waals surface area contributed by atoms with Gasteiger partial charge in [-0.25, -0.2) is 0 Å². The molecular weight excluding hydrogens is 324 g/mol. The second-order valence-electron chi connectivity index (χ2n) is 6.77. The molecule has 2 aromatic carbocycles. The van der Waals surface area contributed by atoms with Crippen molar-refractivity contribution >= 4 is 11.6 Å². The number of hydrogen-bond donors (Lipinski definition) is 1. The maximum atomic E-state index is 12.5. The quantitative estimate of drug-likeness (QED) is 0.862. The number of anilines is 1. The molecule has 0 saturated carbocycles. The van der Waals surface area contributed by atoms with Crippen molar-refractivity contribution in [2.24, 2.45) is 0 Å². The van der Waals surface area contributed by atoms with Crippen LogP contribution in [0.5, 0.6) is 0 Å². The third kappa shape index (κ3) is 4.51. The molecule has 1 unspecified atom stereocenters. The fourth-order valence-electron chi connectivity index (χ4n) is 3.59. The number of likely N-dealkylation sites (tertiary alicyclic amines) is 1. The van der Waals surface area contributed by atoms with Crippen LogP contribution in [0.1, 0.15) is 39.2 Å². The number of aliphatic hydroxyl groups is 1. The number of carbonyl (C=O) groups excluding carboxylic acids is 1. The van der Waals surface area contributed by atoms with Crippen LogP contribution in [-0.2, 0) is 4.79 Å². The van der Waals surface area contributed by atoms with Gasteiger partial charge in [-0.05, 0) is 30.5 Å². The third-order valence-electron chi connectivity index (χ3n) is 5.01. The van der Waals surface area contributed by atoms with E-state index in [9.17, 15) is 9.90 Å². The molecule has 2 aromatic rings. The molecule has 1 heterocycles. The van der Waals surface area contributed by atoms with Crippen LogP contribution in [0.2, 0.25) is 0 Å². The molecule has 4 heteroatoms. The smallest absolute Gasteiger partial charge is 0.226 e. The maximum absolute atomic E-state index is 12.5. The van der Waals surface area contributed by atoms with Gasteiger partial charge in [0, 0.05) is 37.8 Å². The van der Waals surface area contributed by atoms with E-state index in [0.717, 1.165) is 31.6 Å². The molecule has 138 valence electrons. The summed E-state index contributed by atoms with van der Waals surface area (Å²) < 4.78 is 8.32. The summed E-state index contributed by atoms with van der Waals surface area (Å²) in [6.45, 7) is 3.70. The highest BCUT2D eigenvalue weighted by molar-refractivity contribution is 5.93. The number of β-amino-alcohol motifs (C(OH)–C–C–N with tert-alkyl or cyclic N) is 1. The zero-order chi connectivity index (χ0) is 19.3.